The van der Waals surface area contributed by atoms with Crippen LogP contribution in [0.25, 0.3) is 72.4 Å². The van der Waals surface area contributed by atoms with Gasteiger partial charge in [0.15, 0.2) is 0 Å². The van der Waals surface area contributed by atoms with Gasteiger partial charge in [0.1, 0.15) is 5.52 Å². The standard InChI is InChI=1S/C35H23N5/c1-35(2)24-10-4-3-9-22(24)23-17-20(15-16-25(23)35)21-18-30-32-31(19-21)39-29-14-8-6-12-27(29)37-34(39)40(32)33-36-26-11-5-7-13-28(26)38(30)33/h3-19H,1-2H3. The van der Waals surface area contributed by atoms with Crippen molar-refractivity contribution in [3.8, 4) is 22.3 Å². The van der Waals surface area contributed by atoms with Crippen molar-refractivity contribution in [2.24, 2.45) is 0 Å². The molecule has 0 saturated carbocycles. The third-order valence-corrected chi connectivity index (χ3v) is 9.18. The van der Waals surface area contributed by atoms with Crippen LogP contribution in [0.1, 0.15) is 25.0 Å². The molecule has 0 aliphatic heterocycles. The van der Waals surface area contributed by atoms with Gasteiger partial charge in [-0.05, 0) is 75.8 Å². The van der Waals surface area contributed by atoms with E-state index in [1.807, 2.05) is 0 Å². The largest absolute Gasteiger partial charge is 0.276 e. The van der Waals surface area contributed by atoms with Gasteiger partial charge in [0.25, 0.3) is 0 Å². The maximum Gasteiger partial charge on any atom is 0.223 e. The molecular weight excluding hydrogens is 490 g/mol. The Labute approximate surface area is 228 Å². The number of aromatic nitrogens is 5. The van der Waals surface area contributed by atoms with Crippen molar-refractivity contribution in [3.63, 3.8) is 0 Å². The summed E-state index contributed by atoms with van der Waals surface area (Å²) in [5, 5.41) is 0. The van der Waals surface area contributed by atoms with E-state index >= 15 is 0 Å². The van der Waals surface area contributed by atoms with Crippen molar-refractivity contribution >= 4 is 50.2 Å². The molecule has 5 heteroatoms. The average Bonchev–Trinajstić information content (AvgIpc) is 3.74. The van der Waals surface area contributed by atoms with Gasteiger partial charge in [-0.1, -0.05) is 74.5 Å². The van der Waals surface area contributed by atoms with Crippen LogP contribution in [0.3, 0.4) is 0 Å². The van der Waals surface area contributed by atoms with Crippen molar-refractivity contribution in [1.29, 1.82) is 0 Å². The third-order valence-electron chi connectivity index (χ3n) is 9.18. The van der Waals surface area contributed by atoms with Crippen LogP contribution in [0.4, 0.5) is 0 Å². The van der Waals surface area contributed by atoms with Crippen molar-refractivity contribution < 1.29 is 0 Å². The lowest BCUT2D eigenvalue weighted by molar-refractivity contribution is 0.660. The molecule has 0 radical (unpaired) electrons. The minimum absolute atomic E-state index is 0.00771. The Morgan fingerprint density at radius 3 is 1.75 bits per heavy atom. The van der Waals surface area contributed by atoms with E-state index in [2.05, 4.69) is 130 Å². The number of benzene rings is 5. The summed E-state index contributed by atoms with van der Waals surface area (Å²) in [6.45, 7) is 4.67. The first-order valence-electron chi connectivity index (χ1n) is 13.8. The van der Waals surface area contributed by atoms with Crippen LogP contribution in [0, 0.1) is 0 Å². The molecule has 10 rings (SSSR count). The molecule has 4 aromatic heterocycles. The molecule has 188 valence electrons. The molecule has 0 amide bonds. The van der Waals surface area contributed by atoms with Crippen LogP contribution in [0.5, 0.6) is 0 Å². The minimum Gasteiger partial charge on any atom is -0.276 e. The Morgan fingerprint density at radius 1 is 0.500 bits per heavy atom. The topological polar surface area (TPSA) is 39.0 Å². The molecule has 0 saturated heterocycles. The maximum absolute atomic E-state index is 5.09. The predicted molar refractivity (Wildman–Crippen MR) is 162 cm³/mol. The van der Waals surface area contributed by atoms with Gasteiger partial charge in [-0.15, -0.1) is 0 Å². The number of imidazole rings is 4. The van der Waals surface area contributed by atoms with Crippen molar-refractivity contribution in [2.45, 2.75) is 19.3 Å². The van der Waals surface area contributed by atoms with Gasteiger partial charge in [-0.3, -0.25) is 8.80 Å². The van der Waals surface area contributed by atoms with Crippen LogP contribution < -0.4 is 0 Å². The van der Waals surface area contributed by atoms with E-state index in [-0.39, 0.29) is 5.41 Å². The van der Waals surface area contributed by atoms with E-state index < -0.39 is 0 Å². The second kappa shape index (κ2) is 6.69. The highest BCUT2D eigenvalue weighted by Gasteiger charge is 2.35. The molecule has 5 nitrogen and oxygen atoms in total. The summed E-state index contributed by atoms with van der Waals surface area (Å²) >= 11 is 0. The van der Waals surface area contributed by atoms with Gasteiger partial charge in [0, 0.05) is 5.41 Å². The highest BCUT2D eigenvalue weighted by Crippen LogP contribution is 2.49. The molecule has 0 bridgehead atoms. The summed E-state index contributed by atoms with van der Waals surface area (Å²) in [6, 6.07) is 37.3. The van der Waals surface area contributed by atoms with Gasteiger partial charge >= 0.3 is 0 Å². The molecule has 0 unspecified atom stereocenters. The lowest BCUT2D eigenvalue weighted by atomic mass is 9.82. The summed E-state index contributed by atoms with van der Waals surface area (Å²) < 4.78 is 6.83. The molecule has 0 spiro atoms. The summed E-state index contributed by atoms with van der Waals surface area (Å²) in [4.78, 5) is 10.2. The molecule has 1 aliphatic rings. The average molecular weight is 514 g/mol. The quantitative estimate of drug-likeness (QED) is 0.222. The highest BCUT2D eigenvalue weighted by molar-refractivity contribution is 6.06. The van der Waals surface area contributed by atoms with Gasteiger partial charge in [-0.25, -0.2) is 14.4 Å². The fourth-order valence-corrected chi connectivity index (χ4v) is 7.33. The zero-order valence-corrected chi connectivity index (χ0v) is 22.1. The number of hydrogen-bond donors (Lipinski definition) is 0. The van der Waals surface area contributed by atoms with Gasteiger partial charge in [0.05, 0.1) is 33.1 Å². The van der Waals surface area contributed by atoms with Crippen molar-refractivity contribution in [3.05, 3.63) is 114 Å². The molecule has 40 heavy (non-hydrogen) atoms. The van der Waals surface area contributed by atoms with Gasteiger partial charge in [-0.2, -0.15) is 0 Å². The van der Waals surface area contributed by atoms with E-state index in [1.165, 1.54) is 33.4 Å². The molecule has 0 fully saturated rings. The third kappa shape index (κ3) is 2.28. The lowest BCUT2D eigenvalue weighted by Gasteiger charge is -2.21. The van der Waals surface area contributed by atoms with Crippen molar-refractivity contribution in [2.75, 3.05) is 0 Å². The molecule has 9 aromatic rings. The Balaban J connectivity index is 1.36. The SMILES string of the molecule is CC1(C)c2ccccc2-c2cc(-c3cc4c5c(c3)n3c6ccccc6nc3n5c3nc5ccccc5n43)ccc21. The van der Waals surface area contributed by atoms with Crippen LogP contribution in [-0.2, 0) is 5.41 Å². The second-order valence-electron chi connectivity index (χ2n) is 11.6. The molecule has 0 N–H and O–H groups in total. The monoisotopic (exact) mass is 513 g/mol. The van der Waals surface area contributed by atoms with Crippen LogP contribution in [-0.4, -0.2) is 23.2 Å². The van der Waals surface area contributed by atoms with Gasteiger partial charge < -0.3 is 0 Å². The summed E-state index contributed by atoms with van der Waals surface area (Å²) in [5.41, 5.74) is 15.5. The molecule has 4 heterocycles. The fraction of sp³-hybridized carbons (Fsp3) is 0.0857. The summed E-state index contributed by atoms with van der Waals surface area (Å²) in [5.74, 6) is 1.79. The zero-order chi connectivity index (χ0) is 26.3. The number of rotatable bonds is 1. The van der Waals surface area contributed by atoms with E-state index in [4.69, 9.17) is 9.97 Å². The summed E-state index contributed by atoms with van der Waals surface area (Å²) in [6.07, 6.45) is 0. The first-order valence-corrected chi connectivity index (χ1v) is 13.8. The molecular formula is C35H23N5. The van der Waals surface area contributed by atoms with Crippen LogP contribution in [0.15, 0.2) is 103 Å². The van der Waals surface area contributed by atoms with E-state index in [9.17, 15) is 0 Å². The first-order chi connectivity index (χ1) is 19.6. The fourth-order valence-electron chi connectivity index (χ4n) is 7.33. The van der Waals surface area contributed by atoms with E-state index in [1.54, 1.807) is 0 Å². The Kier molecular flexibility index (Phi) is 3.47. The summed E-state index contributed by atoms with van der Waals surface area (Å²) in [7, 11) is 0. The Hall–Kier alpha value is -5.16. The number of para-hydroxylation sites is 4. The smallest absolute Gasteiger partial charge is 0.223 e. The zero-order valence-electron chi connectivity index (χ0n) is 22.1. The van der Waals surface area contributed by atoms with E-state index in [0.717, 1.165) is 50.2 Å². The number of hydrogen-bond acceptors (Lipinski definition) is 2. The number of fused-ring (bicyclic) bond motifs is 13. The predicted octanol–water partition coefficient (Wildman–Crippen LogP) is 8.11. The molecule has 5 aromatic carbocycles. The number of nitrogens with zero attached hydrogens (tertiary/aromatic N) is 5. The van der Waals surface area contributed by atoms with E-state index in [0.29, 0.717) is 0 Å². The Bertz CT molecular complexity index is 2400. The molecule has 1 aliphatic carbocycles. The normalized spacial score (nSPS) is 14.4. The lowest BCUT2D eigenvalue weighted by Crippen LogP contribution is -2.14. The highest BCUT2D eigenvalue weighted by atomic mass is 15.3. The minimum atomic E-state index is -0.00771. The van der Waals surface area contributed by atoms with Gasteiger partial charge in [0.2, 0.25) is 11.6 Å². The Morgan fingerprint density at radius 2 is 1.07 bits per heavy atom. The van der Waals surface area contributed by atoms with Crippen LogP contribution >= 0.6 is 0 Å². The molecule has 0 atom stereocenters. The van der Waals surface area contributed by atoms with Crippen molar-refractivity contribution in [1.82, 2.24) is 23.2 Å². The van der Waals surface area contributed by atoms with Crippen LogP contribution in [0.2, 0.25) is 0 Å². The first kappa shape index (κ1) is 20.8. The second-order valence-corrected chi connectivity index (χ2v) is 11.6. The maximum atomic E-state index is 5.09.